The van der Waals surface area contributed by atoms with Crippen molar-refractivity contribution in [3.05, 3.63) is 53.2 Å². The molecule has 0 saturated carbocycles. The minimum atomic E-state index is -4.39. The standard InChI is InChI=1S/C19H16F3N5O/c1-11-13(17(7-23)26-10-25-11)6-16(24)15-8-27(9-19(20,21)22)18-4-3-12(28-2)5-14(15)18/h3-6,8,10H,9,24H2,1-2H3/b16-6-. The number of benzene rings is 1. The van der Waals surface area contributed by atoms with E-state index in [9.17, 15) is 18.4 Å². The lowest BCUT2D eigenvalue weighted by Gasteiger charge is -2.09. The van der Waals surface area contributed by atoms with E-state index in [2.05, 4.69) is 9.97 Å². The number of nitriles is 1. The van der Waals surface area contributed by atoms with Gasteiger partial charge < -0.3 is 15.0 Å². The van der Waals surface area contributed by atoms with Crippen molar-refractivity contribution in [2.45, 2.75) is 19.6 Å². The molecule has 28 heavy (non-hydrogen) atoms. The van der Waals surface area contributed by atoms with Crippen LogP contribution in [0.2, 0.25) is 0 Å². The number of aryl methyl sites for hydroxylation is 1. The minimum Gasteiger partial charge on any atom is -0.497 e. The number of hydrogen-bond acceptors (Lipinski definition) is 5. The zero-order valence-electron chi connectivity index (χ0n) is 15.1. The largest absolute Gasteiger partial charge is 0.497 e. The van der Waals surface area contributed by atoms with E-state index in [1.807, 2.05) is 6.07 Å². The maximum absolute atomic E-state index is 13.0. The first-order valence-electron chi connectivity index (χ1n) is 8.16. The highest BCUT2D eigenvalue weighted by atomic mass is 19.4. The average molecular weight is 387 g/mol. The van der Waals surface area contributed by atoms with Gasteiger partial charge in [0.25, 0.3) is 0 Å². The van der Waals surface area contributed by atoms with Crippen LogP contribution < -0.4 is 10.5 Å². The molecule has 0 atom stereocenters. The molecule has 6 nitrogen and oxygen atoms in total. The summed E-state index contributed by atoms with van der Waals surface area (Å²) in [6.45, 7) is 0.539. The van der Waals surface area contributed by atoms with Crippen LogP contribution in [0.3, 0.4) is 0 Å². The van der Waals surface area contributed by atoms with E-state index in [0.29, 0.717) is 33.5 Å². The molecule has 9 heteroatoms. The lowest BCUT2D eigenvalue weighted by molar-refractivity contribution is -0.139. The number of hydrogen-bond donors (Lipinski definition) is 1. The molecule has 2 aromatic heterocycles. The van der Waals surface area contributed by atoms with Crippen molar-refractivity contribution >= 4 is 22.7 Å². The number of fused-ring (bicyclic) bond motifs is 1. The Morgan fingerprint density at radius 2 is 2.11 bits per heavy atom. The first-order valence-corrected chi connectivity index (χ1v) is 8.16. The second-order valence-electron chi connectivity index (χ2n) is 6.10. The Morgan fingerprint density at radius 3 is 2.75 bits per heavy atom. The molecular formula is C19H16F3N5O. The molecule has 1 aromatic carbocycles. The number of methoxy groups -OCH3 is 1. The molecule has 0 amide bonds. The summed E-state index contributed by atoms with van der Waals surface area (Å²) in [6.07, 6.45) is -0.282. The van der Waals surface area contributed by atoms with E-state index in [0.717, 1.165) is 4.57 Å². The lowest BCUT2D eigenvalue weighted by atomic mass is 10.1. The SMILES string of the molecule is COc1ccc2c(c1)c(/C(N)=C/c1c(C)ncnc1C#N)cn2CC(F)(F)F. The van der Waals surface area contributed by atoms with Gasteiger partial charge in [0.1, 0.15) is 24.7 Å². The van der Waals surface area contributed by atoms with Gasteiger partial charge in [0, 0.05) is 39.6 Å². The molecule has 0 radical (unpaired) electrons. The number of nitrogens with zero attached hydrogens (tertiary/aromatic N) is 4. The van der Waals surface area contributed by atoms with Gasteiger partial charge in [0.05, 0.1) is 7.11 Å². The Kier molecular flexibility index (Phi) is 4.96. The van der Waals surface area contributed by atoms with E-state index in [4.69, 9.17) is 10.5 Å². The third-order valence-corrected chi connectivity index (χ3v) is 4.24. The first kappa shape index (κ1) is 19.2. The van der Waals surface area contributed by atoms with Crippen LogP contribution in [-0.4, -0.2) is 27.8 Å². The molecule has 0 saturated heterocycles. The highest BCUT2D eigenvalue weighted by Crippen LogP contribution is 2.32. The number of halogens is 3. The number of nitrogens with two attached hydrogens (primary N) is 1. The fraction of sp³-hybridized carbons (Fsp3) is 0.211. The lowest BCUT2D eigenvalue weighted by Crippen LogP contribution is -2.16. The molecule has 2 N–H and O–H groups in total. The van der Waals surface area contributed by atoms with Crippen LogP contribution in [-0.2, 0) is 6.54 Å². The van der Waals surface area contributed by atoms with E-state index >= 15 is 0 Å². The van der Waals surface area contributed by atoms with Crippen molar-refractivity contribution in [1.82, 2.24) is 14.5 Å². The van der Waals surface area contributed by atoms with Gasteiger partial charge in [-0.1, -0.05) is 0 Å². The number of ether oxygens (including phenoxy) is 1. The van der Waals surface area contributed by atoms with Crippen LogP contribution in [0.25, 0.3) is 22.7 Å². The van der Waals surface area contributed by atoms with Crippen molar-refractivity contribution in [3.8, 4) is 11.8 Å². The molecule has 144 valence electrons. The predicted octanol–water partition coefficient (Wildman–Crippen LogP) is 3.64. The average Bonchev–Trinajstić information content (AvgIpc) is 2.99. The maximum atomic E-state index is 13.0. The molecule has 0 unspecified atom stereocenters. The molecule has 0 aliphatic heterocycles. The highest BCUT2D eigenvalue weighted by Gasteiger charge is 2.29. The summed E-state index contributed by atoms with van der Waals surface area (Å²) in [5.74, 6) is 0.489. The quantitative estimate of drug-likeness (QED) is 0.738. The van der Waals surface area contributed by atoms with Crippen LogP contribution >= 0.6 is 0 Å². The van der Waals surface area contributed by atoms with Crippen LogP contribution in [0.5, 0.6) is 5.75 Å². The number of alkyl halides is 3. The molecular weight excluding hydrogens is 371 g/mol. The topological polar surface area (TPSA) is 89.8 Å². The van der Waals surface area contributed by atoms with Gasteiger partial charge in [0.2, 0.25) is 0 Å². The Morgan fingerprint density at radius 1 is 1.36 bits per heavy atom. The molecule has 3 rings (SSSR count). The van der Waals surface area contributed by atoms with Crippen molar-refractivity contribution in [1.29, 1.82) is 5.26 Å². The van der Waals surface area contributed by atoms with Crippen molar-refractivity contribution in [2.24, 2.45) is 5.73 Å². The van der Waals surface area contributed by atoms with Crippen LogP contribution in [0, 0.1) is 18.3 Å². The molecule has 0 aliphatic carbocycles. The summed E-state index contributed by atoms with van der Waals surface area (Å²) in [5, 5.41) is 9.75. The summed E-state index contributed by atoms with van der Waals surface area (Å²) < 4.78 is 45.2. The third-order valence-electron chi connectivity index (χ3n) is 4.24. The van der Waals surface area contributed by atoms with Gasteiger partial charge in [0.15, 0.2) is 5.69 Å². The summed E-state index contributed by atoms with van der Waals surface area (Å²) >= 11 is 0. The fourth-order valence-corrected chi connectivity index (χ4v) is 2.94. The van der Waals surface area contributed by atoms with Gasteiger partial charge in [-0.15, -0.1) is 0 Å². The van der Waals surface area contributed by atoms with Crippen molar-refractivity contribution in [2.75, 3.05) is 7.11 Å². The zero-order valence-corrected chi connectivity index (χ0v) is 15.1. The van der Waals surface area contributed by atoms with E-state index in [-0.39, 0.29) is 11.4 Å². The van der Waals surface area contributed by atoms with Gasteiger partial charge in [-0.2, -0.15) is 18.4 Å². The van der Waals surface area contributed by atoms with E-state index < -0.39 is 12.7 Å². The Hall–Kier alpha value is -3.54. The zero-order chi connectivity index (χ0) is 20.5. The van der Waals surface area contributed by atoms with Gasteiger partial charge >= 0.3 is 6.18 Å². The van der Waals surface area contributed by atoms with Crippen molar-refractivity contribution in [3.63, 3.8) is 0 Å². The minimum absolute atomic E-state index is 0.132. The van der Waals surface area contributed by atoms with Crippen LogP contribution in [0.1, 0.15) is 22.5 Å². The van der Waals surface area contributed by atoms with Gasteiger partial charge in [-0.05, 0) is 31.2 Å². The normalized spacial score (nSPS) is 12.2. The molecule has 0 bridgehead atoms. The monoisotopic (exact) mass is 387 g/mol. The Balaban J connectivity index is 2.21. The van der Waals surface area contributed by atoms with Crippen molar-refractivity contribution < 1.29 is 17.9 Å². The number of aromatic nitrogens is 3. The molecule has 0 aliphatic rings. The van der Waals surface area contributed by atoms with Crippen LogP contribution in [0.15, 0.2) is 30.7 Å². The Bertz CT molecular complexity index is 1110. The van der Waals surface area contributed by atoms with E-state index in [1.54, 1.807) is 25.1 Å². The number of rotatable bonds is 4. The molecule has 0 fully saturated rings. The van der Waals surface area contributed by atoms with Gasteiger partial charge in [-0.3, -0.25) is 0 Å². The second-order valence-corrected chi connectivity index (χ2v) is 6.10. The second kappa shape index (κ2) is 7.23. The third kappa shape index (κ3) is 3.76. The summed E-state index contributed by atoms with van der Waals surface area (Å²) in [5.41, 5.74) is 8.25. The van der Waals surface area contributed by atoms with Crippen LogP contribution in [0.4, 0.5) is 13.2 Å². The fourth-order valence-electron chi connectivity index (χ4n) is 2.94. The highest BCUT2D eigenvalue weighted by molar-refractivity contribution is 5.97. The first-order chi connectivity index (χ1) is 13.2. The van der Waals surface area contributed by atoms with Gasteiger partial charge in [-0.25, -0.2) is 9.97 Å². The molecule has 3 aromatic rings. The summed E-state index contributed by atoms with van der Waals surface area (Å²) in [7, 11) is 1.47. The van der Waals surface area contributed by atoms with E-state index in [1.165, 1.54) is 25.7 Å². The maximum Gasteiger partial charge on any atom is 0.406 e. The summed E-state index contributed by atoms with van der Waals surface area (Å²) in [6, 6.07) is 6.72. The smallest absolute Gasteiger partial charge is 0.406 e. The molecule has 0 spiro atoms. The Labute approximate surface area is 158 Å². The molecule has 2 heterocycles. The predicted molar refractivity (Wildman–Crippen MR) is 98.1 cm³/mol. The summed E-state index contributed by atoms with van der Waals surface area (Å²) in [4.78, 5) is 7.94.